The highest BCUT2D eigenvalue weighted by molar-refractivity contribution is 5.89. The number of rotatable bonds is 2. The van der Waals surface area contributed by atoms with Gasteiger partial charge in [0.25, 0.3) is 0 Å². The number of aromatic nitrogens is 2. The highest BCUT2D eigenvalue weighted by Gasteiger charge is 2.10. The Kier molecular flexibility index (Phi) is 2.59. The molecule has 1 heterocycles. The summed E-state index contributed by atoms with van der Waals surface area (Å²) in [7, 11) is 0. The Labute approximate surface area is 98.5 Å². The van der Waals surface area contributed by atoms with Gasteiger partial charge in [-0.15, -0.1) is 0 Å². The Morgan fingerprint density at radius 3 is 2.53 bits per heavy atom. The van der Waals surface area contributed by atoms with Crippen LogP contribution in [0.25, 0.3) is 5.69 Å². The third-order valence-electron chi connectivity index (χ3n) is 2.51. The molecule has 0 aliphatic rings. The Bertz CT molecular complexity index is 587. The molecule has 1 aromatic carbocycles. The minimum atomic E-state index is -0.989. The molecule has 0 unspecified atom stereocenters. The molecule has 0 atom stereocenters. The number of anilines is 1. The SMILES string of the molecule is Cc1cc(C)n(-c2ccc(C(=O)O)cc2N)n1. The molecule has 5 heteroatoms. The summed E-state index contributed by atoms with van der Waals surface area (Å²) >= 11 is 0. The lowest BCUT2D eigenvalue weighted by Gasteiger charge is -2.08. The number of nitrogen functional groups attached to an aromatic ring is 1. The number of carbonyl (C=O) groups is 1. The van der Waals surface area contributed by atoms with Gasteiger partial charge in [0.2, 0.25) is 0 Å². The van der Waals surface area contributed by atoms with Crippen LogP contribution in [0.3, 0.4) is 0 Å². The first-order chi connectivity index (χ1) is 7.99. The maximum absolute atomic E-state index is 10.8. The van der Waals surface area contributed by atoms with E-state index in [1.54, 1.807) is 10.7 Å². The lowest BCUT2D eigenvalue weighted by molar-refractivity contribution is 0.0697. The van der Waals surface area contributed by atoms with Crippen molar-refractivity contribution in [3.8, 4) is 5.69 Å². The summed E-state index contributed by atoms with van der Waals surface area (Å²) in [5.41, 5.74) is 8.96. The summed E-state index contributed by atoms with van der Waals surface area (Å²) in [5.74, 6) is -0.989. The maximum Gasteiger partial charge on any atom is 0.335 e. The summed E-state index contributed by atoms with van der Waals surface area (Å²) in [4.78, 5) is 10.8. The zero-order valence-corrected chi connectivity index (χ0v) is 9.64. The van der Waals surface area contributed by atoms with Crippen molar-refractivity contribution >= 4 is 11.7 Å². The quantitative estimate of drug-likeness (QED) is 0.772. The lowest BCUT2D eigenvalue weighted by Crippen LogP contribution is -2.05. The molecule has 0 saturated carbocycles. The summed E-state index contributed by atoms with van der Waals surface area (Å²) in [6, 6.07) is 6.56. The smallest absolute Gasteiger partial charge is 0.335 e. The Morgan fingerprint density at radius 1 is 1.35 bits per heavy atom. The fourth-order valence-corrected chi connectivity index (χ4v) is 1.75. The van der Waals surface area contributed by atoms with E-state index in [0.29, 0.717) is 11.4 Å². The van der Waals surface area contributed by atoms with E-state index in [4.69, 9.17) is 10.8 Å². The van der Waals surface area contributed by atoms with Crippen molar-refractivity contribution in [2.75, 3.05) is 5.73 Å². The second-order valence-electron chi connectivity index (χ2n) is 3.92. The molecule has 17 heavy (non-hydrogen) atoms. The van der Waals surface area contributed by atoms with Gasteiger partial charge in [-0.1, -0.05) is 0 Å². The van der Waals surface area contributed by atoms with Gasteiger partial charge in [-0.05, 0) is 38.1 Å². The third-order valence-corrected chi connectivity index (χ3v) is 2.51. The molecular weight excluding hydrogens is 218 g/mol. The van der Waals surface area contributed by atoms with Crippen LogP contribution in [0.4, 0.5) is 5.69 Å². The first-order valence-corrected chi connectivity index (χ1v) is 5.15. The molecule has 1 aromatic heterocycles. The number of carboxylic acids is 1. The molecule has 88 valence electrons. The van der Waals surface area contributed by atoms with Crippen LogP contribution in [0.15, 0.2) is 24.3 Å². The largest absolute Gasteiger partial charge is 0.478 e. The van der Waals surface area contributed by atoms with Gasteiger partial charge in [-0.3, -0.25) is 0 Å². The van der Waals surface area contributed by atoms with Crippen LogP contribution >= 0.6 is 0 Å². The molecule has 0 radical (unpaired) electrons. The van der Waals surface area contributed by atoms with E-state index in [9.17, 15) is 4.79 Å². The van der Waals surface area contributed by atoms with Crippen LogP contribution in [0.1, 0.15) is 21.7 Å². The van der Waals surface area contributed by atoms with Crippen molar-refractivity contribution in [1.82, 2.24) is 9.78 Å². The van der Waals surface area contributed by atoms with E-state index < -0.39 is 5.97 Å². The molecule has 0 spiro atoms. The van der Waals surface area contributed by atoms with Gasteiger partial charge in [-0.2, -0.15) is 5.10 Å². The van der Waals surface area contributed by atoms with Gasteiger partial charge in [0.1, 0.15) is 0 Å². The minimum Gasteiger partial charge on any atom is -0.478 e. The van der Waals surface area contributed by atoms with Gasteiger partial charge in [0, 0.05) is 5.69 Å². The van der Waals surface area contributed by atoms with Gasteiger partial charge < -0.3 is 10.8 Å². The number of hydrogen-bond acceptors (Lipinski definition) is 3. The van der Waals surface area contributed by atoms with Crippen LogP contribution in [0, 0.1) is 13.8 Å². The van der Waals surface area contributed by atoms with Gasteiger partial charge >= 0.3 is 5.97 Å². The fraction of sp³-hybridized carbons (Fsp3) is 0.167. The highest BCUT2D eigenvalue weighted by Crippen LogP contribution is 2.20. The van der Waals surface area contributed by atoms with Crippen LogP contribution in [-0.4, -0.2) is 20.9 Å². The standard InChI is InChI=1S/C12H13N3O2/c1-7-5-8(2)15(14-7)11-4-3-9(12(16)17)6-10(11)13/h3-6H,13H2,1-2H3,(H,16,17). The molecule has 0 amide bonds. The average Bonchev–Trinajstić information content (AvgIpc) is 2.57. The molecule has 2 rings (SSSR count). The van der Waals surface area contributed by atoms with Crippen LogP contribution in [0.5, 0.6) is 0 Å². The predicted molar refractivity (Wildman–Crippen MR) is 64.4 cm³/mol. The molecule has 0 aliphatic carbocycles. The number of aryl methyl sites for hydroxylation is 2. The Hall–Kier alpha value is -2.30. The summed E-state index contributed by atoms with van der Waals surface area (Å²) in [5, 5.41) is 13.2. The van der Waals surface area contributed by atoms with E-state index in [1.807, 2.05) is 19.9 Å². The van der Waals surface area contributed by atoms with Crippen molar-refractivity contribution in [1.29, 1.82) is 0 Å². The van der Waals surface area contributed by atoms with E-state index in [1.165, 1.54) is 12.1 Å². The fourth-order valence-electron chi connectivity index (χ4n) is 1.75. The second kappa shape index (κ2) is 3.93. The molecular formula is C12H13N3O2. The third kappa shape index (κ3) is 1.99. The Balaban J connectivity index is 2.54. The van der Waals surface area contributed by atoms with Crippen LogP contribution in [0.2, 0.25) is 0 Å². The molecule has 0 fully saturated rings. The lowest BCUT2D eigenvalue weighted by atomic mass is 10.1. The first-order valence-electron chi connectivity index (χ1n) is 5.15. The summed E-state index contributed by atoms with van der Waals surface area (Å²) in [6.07, 6.45) is 0. The minimum absolute atomic E-state index is 0.174. The number of benzene rings is 1. The van der Waals surface area contributed by atoms with Crippen molar-refractivity contribution in [2.24, 2.45) is 0 Å². The number of nitrogens with two attached hydrogens (primary N) is 1. The molecule has 2 aromatic rings. The molecule has 0 saturated heterocycles. The highest BCUT2D eigenvalue weighted by atomic mass is 16.4. The normalized spacial score (nSPS) is 10.5. The van der Waals surface area contributed by atoms with Crippen molar-refractivity contribution < 1.29 is 9.90 Å². The average molecular weight is 231 g/mol. The zero-order chi connectivity index (χ0) is 12.6. The number of carboxylic acid groups (broad SMARTS) is 1. The maximum atomic E-state index is 10.8. The van der Waals surface area contributed by atoms with E-state index in [-0.39, 0.29) is 5.56 Å². The Morgan fingerprint density at radius 2 is 2.06 bits per heavy atom. The van der Waals surface area contributed by atoms with Crippen molar-refractivity contribution in [2.45, 2.75) is 13.8 Å². The second-order valence-corrected chi connectivity index (χ2v) is 3.92. The number of hydrogen-bond donors (Lipinski definition) is 2. The monoisotopic (exact) mass is 231 g/mol. The molecule has 0 bridgehead atoms. The zero-order valence-electron chi connectivity index (χ0n) is 9.64. The molecule has 0 aliphatic heterocycles. The van der Waals surface area contributed by atoms with Crippen LogP contribution < -0.4 is 5.73 Å². The first kappa shape index (κ1) is 11.2. The molecule has 5 nitrogen and oxygen atoms in total. The van der Waals surface area contributed by atoms with E-state index in [0.717, 1.165) is 11.4 Å². The van der Waals surface area contributed by atoms with Gasteiger partial charge in [-0.25, -0.2) is 9.48 Å². The number of nitrogens with zero attached hydrogens (tertiary/aromatic N) is 2. The van der Waals surface area contributed by atoms with Crippen molar-refractivity contribution in [3.63, 3.8) is 0 Å². The number of aromatic carboxylic acids is 1. The molecule has 3 N–H and O–H groups in total. The van der Waals surface area contributed by atoms with Crippen LogP contribution in [-0.2, 0) is 0 Å². The van der Waals surface area contributed by atoms with E-state index >= 15 is 0 Å². The summed E-state index contributed by atoms with van der Waals surface area (Å²) < 4.78 is 1.70. The van der Waals surface area contributed by atoms with Gasteiger partial charge in [0.05, 0.1) is 22.6 Å². The van der Waals surface area contributed by atoms with E-state index in [2.05, 4.69) is 5.10 Å². The predicted octanol–water partition coefficient (Wildman–Crippen LogP) is 1.77. The van der Waals surface area contributed by atoms with Crippen molar-refractivity contribution in [3.05, 3.63) is 41.2 Å². The van der Waals surface area contributed by atoms with Gasteiger partial charge in [0.15, 0.2) is 0 Å². The topological polar surface area (TPSA) is 81.1 Å². The summed E-state index contributed by atoms with van der Waals surface area (Å²) in [6.45, 7) is 3.82.